The third-order valence-electron chi connectivity index (χ3n) is 3.51. The summed E-state index contributed by atoms with van der Waals surface area (Å²) in [4.78, 5) is 0. The molecule has 0 amide bonds. The lowest BCUT2D eigenvalue weighted by atomic mass is 9.92. The first-order valence-electron chi connectivity index (χ1n) is 7.12. The monoisotopic (exact) mass is 287 g/mol. The molecule has 0 aliphatic carbocycles. The molecule has 2 rings (SSSR count). The molecule has 2 aromatic carbocycles. The maximum absolute atomic E-state index is 6.07. The van der Waals surface area contributed by atoms with Gasteiger partial charge in [-0.25, -0.2) is 0 Å². The van der Waals surface area contributed by atoms with Crippen LogP contribution in [0.5, 0.6) is 0 Å². The van der Waals surface area contributed by atoms with Gasteiger partial charge in [0.1, 0.15) is 0 Å². The van der Waals surface area contributed by atoms with E-state index in [4.69, 9.17) is 11.6 Å². The van der Waals surface area contributed by atoms with Crippen LogP contribution in [0.2, 0.25) is 5.02 Å². The number of nitrogens with one attached hydrogen (secondary N) is 1. The lowest BCUT2D eigenvalue weighted by molar-refractivity contribution is 0.493. The molecule has 1 atom stereocenters. The normalized spacial score (nSPS) is 12.3. The fourth-order valence-corrected chi connectivity index (χ4v) is 2.89. The first kappa shape index (κ1) is 15.1. The van der Waals surface area contributed by atoms with Gasteiger partial charge in [0, 0.05) is 5.02 Å². The molecule has 0 heterocycles. The van der Waals surface area contributed by atoms with E-state index in [0.29, 0.717) is 5.92 Å². The van der Waals surface area contributed by atoms with Crippen molar-refractivity contribution in [3.05, 3.63) is 70.2 Å². The van der Waals surface area contributed by atoms with E-state index in [1.54, 1.807) is 0 Å². The van der Waals surface area contributed by atoms with Crippen LogP contribution >= 0.6 is 11.6 Å². The van der Waals surface area contributed by atoms with Crippen molar-refractivity contribution in [1.82, 2.24) is 5.32 Å². The summed E-state index contributed by atoms with van der Waals surface area (Å²) in [6.45, 7) is 3.16. The zero-order chi connectivity index (χ0) is 14.4. The predicted molar refractivity (Wildman–Crippen MR) is 87.5 cm³/mol. The maximum atomic E-state index is 6.07. The number of halogens is 1. The Labute approximate surface area is 127 Å². The van der Waals surface area contributed by atoms with E-state index < -0.39 is 0 Å². The number of benzene rings is 2. The van der Waals surface area contributed by atoms with Gasteiger partial charge < -0.3 is 5.32 Å². The van der Waals surface area contributed by atoms with Crippen molar-refractivity contribution in [2.45, 2.75) is 19.8 Å². The van der Waals surface area contributed by atoms with Gasteiger partial charge in [-0.3, -0.25) is 0 Å². The highest BCUT2D eigenvalue weighted by atomic mass is 35.5. The minimum absolute atomic E-state index is 0.584. The van der Waals surface area contributed by atoms with E-state index in [9.17, 15) is 0 Å². The van der Waals surface area contributed by atoms with Gasteiger partial charge in [0.05, 0.1) is 0 Å². The Morgan fingerprint density at radius 2 is 1.65 bits per heavy atom. The molecule has 0 saturated heterocycles. The Hall–Kier alpha value is -1.31. The molecule has 0 aromatic heterocycles. The number of hydrogen-bond donors (Lipinski definition) is 1. The molecule has 1 unspecified atom stereocenters. The molecule has 2 heteroatoms. The lowest BCUT2D eigenvalue weighted by Gasteiger charge is -2.17. The minimum atomic E-state index is 0.584. The van der Waals surface area contributed by atoms with Crippen molar-refractivity contribution in [3.8, 4) is 0 Å². The molecule has 0 bridgehead atoms. The second kappa shape index (κ2) is 7.47. The van der Waals surface area contributed by atoms with E-state index in [1.807, 2.05) is 19.2 Å². The van der Waals surface area contributed by atoms with E-state index in [2.05, 4.69) is 48.6 Å². The molecule has 0 radical (unpaired) electrons. The van der Waals surface area contributed by atoms with Crippen molar-refractivity contribution >= 4 is 11.6 Å². The number of rotatable bonds is 6. The maximum Gasteiger partial charge on any atom is 0.0408 e. The number of aryl methyl sites for hydroxylation is 1. The van der Waals surface area contributed by atoms with Crippen LogP contribution < -0.4 is 5.32 Å². The third-order valence-corrected chi connectivity index (χ3v) is 3.75. The van der Waals surface area contributed by atoms with Crippen LogP contribution in [0.15, 0.2) is 48.5 Å². The molecule has 0 spiro atoms. The van der Waals surface area contributed by atoms with Crippen LogP contribution in [0.25, 0.3) is 0 Å². The average molecular weight is 288 g/mol. The summed E-state index contributed by atoms with van der Waals surface area (Å²) < 4.78 is 0. The summed E-state index contributed by atoms with van der Waals surface area (Å²) in [5.74, 6) is 0.584. The van der Waals surface area contributed by atoms with Crippen LogP contribution in [-0.4, -0.2) is 13.6 Å². The third kappa shape index (κ3) is 4.66. The Bertz CT molecular complexity index is 503. The second-order valence-corrected chi connectivity index (χ2v) is 5.89. The Morgan fingerprint density at radius 1 is 1.00 bits per heavy atom. The van der Waals surface area contributed by atoms with Gasteiger partial charge in [-0.1, -0.05) is 53.6 Å². The predicted octanol–water partition coefficient (Wildman–Crippen LogP) is 4.27. The molecule has 0 aliphatic rings. The zero-order valence-electron chi connectivity index (χ0n) is 12.2. The van der Waals surface area contributed by atoms with Crippen molar-refractivity contribution in [2.24, 2.45) is 5.92 Å². The van der Waals surface area contributed by atoms with E-state index in [1.165, 1.54) is 16.7 Å². The van der Waals surface area contributed by atoms with Crippen molar-refractivity contribution in [2.75, 3.05) is 13.6 Å². The lowest BCUT2D eigenvalue weighted by Crippen LogP contribution is -2.22. The second-order valence-electron chi connectivity index (χ2n) is 5.45. The molecule has 106 valence electrons. The fraction of sp³-hybridized carbons (Fsp3) is 0.333. The van der Waals surface area contributed by atoms with Crippen LogP contribution in [0.3, 0.4) is 0 Å². The Morgan fingerprint density at radius 3 is 2.25 bits per heavy atom. The molecule has 2 aromatic rings. The fourth-order valence-electron chi connectivity index (χ4n) is 2.67. The SMILES string of the molecule is CNCC(Cc1cccc(C)c1)Cc1cccc(Cl)c1. The van der Waals surface area contributed by atoms with Gasteiger partial charge in [0.25, 0.3) is 0 Å². The molecule has 0 saturated carbocycles. The van der Waals surface area contributed by atoms with Crippen LogP contribution in [0, 0.1) is 12.8 Å². The quantitative estimate of drug-likeness (QED) is 0.837. The first-order chi connectivity index (χ1) is 9.67. The molecule has 1 N–H and O–H groups in total. The summed E-state index contributed by atoms with van der Waals surface area (Å²) in [6, 6.07) is 17.0. The zero-order valence-corrected chi connectivity index (χ0v) is 13.0. The summed E-state index contributed by atoms with van der Waals surface area (Å²) >= 11 is 6.07. The first-order valence-corrected chi connectivity index (χ1v) is 7.50. The minimum Gasteiger partial charge on any atom is -0.319 e. The largest absolute Gasteiger partial charge is 0.319 e. The molecular formula is C18H22ClN. The molecular weight excluding hydrogens is 266 g/mol. The highest BCUT2D eigenvalue weighted by molar-refractivity contribution is 6.30. The standard InChI is InChI=1S/C18H22ClN/c1-14-5-3-6-15(9-14)10-17(13-20-2)11-16-7-4-8-18(19)12-16/h3-9,12,17,20H,10-11,13H2,1-2H3. The van der Waals surface area contributed by atoms with E-state index in [-0.39, 0.29) is 0 Å². The molecule has 0 aliphatic heterocycles. The van der Waals surface area contributed by atoms with Gasteiger partial charge in [-0.15, -0.1) is 0 Å². The Kier molecular flexibility index (Phi) is 5.63. The summed E-state index contributed by atoms with van der Waals surface area (Å²) in [5, 5.41) is 4.13. The molecule has 20 heavy (non-hydrogen) atoms. The summed E-state index contributed by atoms with van der Waals surface area (Å²) in [7, 11) is 2.02. The molecule has 0 fully saturated rings. The highest BCUT2D eigenvalue weighted by Gasteiger charge is 2.10. The van der Waals surface area contributed by atoms with Gasteiger partial charge in [0.15, 0.2) is 0 Å². The smallest absolute Gasteiger partial charge is 0.0408 e. The van der Waals surface area contributed by atoms with Gasteiger partial charge in [0.2, 0.25) is 0 Å². The van der Waals surface area contributed by atoms with Gasteiger partial charge in [-0.05, 0) is 62.5 Å². The van der Waals surface area contributed by atoms with Crippen molar-refractivity contribution < 1.29 is 0 Å². The van der Waals surface area contributed by atoms with Gasteiger partial charge >= 0.3 is 0 Å². The average Bonchev–Trinajstić information content (AvgIpc) is 2.39. The van der Waals surface area contributed by atoms with E-state index >= 15 is 0 Å². The summed E-state index contributed by atoms with van der Waals surface area (Å²) in [5.41, 5.74) is 4.05. The number of hydrogen-bond acceptors (Lipinski definition) is 1. The topological polar surface area (TPSA) is 12.0 Å². The van der Waals surface area contributed by atoms with Crippen molar-refractivity contribution in [1.29, 1.82) is 0 Å². The van der Waals surface area contributed by atoms with Crippen LogP contribution in [0.1, 0.15) is 16.7 Å². The van der Waals surface area contributed by atoms with Gasteiger partial charge in [-0.2, -0.15) is 0 Å². The van der Waals surface area contributed by atoms with Crippen molar-refractivity contribution in [3.63, 3.8) is 0 Å². The highest BCUT2D eigenvalue weighted by Crippen LogP contribution is 2.18. The van der Waals surface area contributed by atoms with Crippen LogP contribution in [0.4, 0.5) is 0 Å². The Balaban J connectivity index is 2.07. The van der Waals surface area contributed by atoms with E-state index in [0.717, 1.165) is 24.4 Å². The van der Waals surface area contributed by atoms with Crippen LogP contribution in [-0.2, 0) is 12.8 Å². The summed E-state index contributed by atoms with van der Waals surface area (Å²) in [6.07, 6.45) is 2.14. The molecule has 1 nitrogen and oxygen atoms in total.